The van der Waals surface area contributed by atoms with Crippen molar-refractivity contribution in [1.29, 1.82) is 0 Å². The van der Waals surface area contributed by atoms with Gasteiger partial charge in [0.05, 0.1) is 0 Å². The zero-order chi connectivity index (χ0) is 20.0. The van der Waals surface area contributed by atoms with Gasteiger partial charge in [0.2, 0.25) is 12.0 Å². The first-order chi connectivity index (χ1) is 12.7. The van der Waals surface area contributed by atoms with Crippen molar-refractivity contribution in [2.75, 3.05) is 7.05 Å². The van der Waals surface area contributed by atoms with Gasteiger partial charge >= 0.3 is 6.09 Å². The Labute approximate surface area is 158 Å². The van der Waals surface area contributed by atoms with Gasteiger partial charge in [-0.25, -0.2) is 14.2 Å². The summed E-state index contributed by atoms with van der Waals surface area (Å²) in [6, 6.07) is 16.6. The second-order valence-corrected chi connectivity index (χ2v) is 6.95. The van der Waals surface area contributed by atoms with Crippen LogP contribution in [0.25, 0.3) is 0 Å². The van der Waals surface area contributed by atoms with E-state index in [-0.39, 0.29) is 11.3 Å². The fourth-order valence-electron chi connectivity index (χ4n) is 2.27. The van der Waals surface area contributed by atoms with Crippen molar-refractivity contribution in [3.05, 3.63) is 71.8 Å². The number of halogens is 1. The van der Waals surface area contributed by atoms with Crippen molar-refractivity contribution in [3.8, 4) is 0 Å². The topological polar surface area (TPSA) is 59.0 Å². The van der Waals surface area contributed by atoms with Crippen LogP contribution in [-0.2, 0) is 4.74 Å². The summed E-state index contributed by atoms with van der Waals surface area (Å²) < 4.78 is 20.4. The maximum atomic E-state index is 15.1. The van der Waals surface area contributed by atoms with E-state index in [2.05, 4.69) is 5.10 Å². The van der Waals surface area contributed by atoms with Crippen LogP contribution in [-0.4, -0.2) is 41.4 Å². The third-order valence-corrected chi connectivity index (χ3v) is 3.51. The number of carbonyl (C=O) groups excluding carboxylic acids is 2. The summed E-state index contributed by atoms with van der Waals surface area (Å²) in [6.07, 6.45) is -2.77. The van der Waals surface area contributed by atoms with E-state index in [1.807, 2.05) is 0 Å². The largest absolute Gasteiger partial charge is 0.442 e. The minimum Gasteiger partial charge on any atom is -0.442 e. The monoisotopic (exact) mass is 370 g/mol. The Kier molecular flexibility index (Phi) is 6.45. The molecule has 142 valence electrons. The molecule has 0 fully saturated rings. The highest BCUT2D eigenvalue weighted by Crippen LogP contribution is 2.16. The highest BCUT2D eigenvalue weighted by molar-refractivity contribution is 6.20. The quantitative estimate of drug-likeness (QED) is 0.443. The Balaban J connectivity index is 2.37. The lowest BCUT2D eigenvalue weighted by Crippen LogP contribution is -2.34. The molecule has 0 heterocycles. The average Bonchev–Trinajstić information content (AvgIpc) is 2.64. The highest BCUT2D eigenvalue weighted by Gasteiger charge is 2.28. The van der Waals surface area contributed by atoms with Gasteiger partial charge in [-0.05, 0) is 20.8 Å². The van der Waals surface area contributed by atoms with Gasteiger partial charge in [-0.1, -0.05) is 60.7 Å². The molecule has 0 bridgehead atoms. The molecule has 2 aromatic rings. The van der Waals surface area contributed by atoms with E-state index in [1.54, 1.807) is 69.3 Å². The molecule has 0 aliphatic heterocycles. The minimum atomic E-state index is -2.03. The molecule has 27 heavy (non-hydrogen) atoms. The first kappa shape index (κ1) is 20.3. The van der Waals surface area contributed by atoms with E-state index in [1.165, 1.54) is 19.2 Å². The molecule has 0 aliphatic carbocycles. The predicted molar refractivity (Wildman–Crippen MR) is 103 cm³/mol. The SMILES string of the molecule is CN(/N=C(\c1ccccc1)C(F)C(=O)c1ccccc1)C(=O)OC(C)(C)C. The number of Topliss-reactive ketones (excluding diaryl/α,β-unsaturated/α-hetero) is 1. The fourth-order valence-corrected chi connectivity index (χ4v) is 2.27. The van der Waals surface area contributed by atoms with Crippen LogP contribution in [0.1, 0.15) is 36.7 Å². The number of ether oxygens (including phenoxy) is 1. The van der Waals surface area contributed by atoms with Crippen LogP contribution in [0.15, 0.2) is 65.8 Å². The number of rotatable bonds is 5. The molecule has 5 nitrogen and oxygen atoms in total. The Bertz CT molecular complexity index is 814. The average molecular weight is 370 g/mol. The molecule has 2 rings (SSSR count). The number of alkyl halides is 1. The molecular formula is C21H23FN2O3. The highest BCUT2D eigenvalue weighted by atomic mass is 19.1. The van der Waals surface area contributed by atoms with Crippen LogP contribution in [0.4, 0.5) is 9.18 Å². The molecule has 0 saturated carbocycles. The van der Waals surface area contributed by atoms with Crippen LogP contribution >= 0.6 is 0 Å². The van der Waals surface area contributed by atoms with Gasteiger partial charge in [-0.2, -0.15) is 5.10 Å². The fraction of sp³-hybridized carbons (Fsp3) is 0.286. The van der Waals surface area contributed by atoms with Gasteiger partial charge in [0.1, 0.15) is 11.3 Å². The third-order valence-electron chi connectivity index (χ3n) is 3.51. The van der Waals surface area contributed by atoms with Crippen LogP contribution in [0.2, 0.25) is 0 Å². The van der Waals surface area contributed by atoms with Crippen molar-refractivity contribution in [1.82, 2.24) is 5.01 Å². The maximum absolute atomic E-state index is 15.1. The smallest absolute Gasteiger partial charge is 0.430 e. The number of carbonyl (C=O) groups is 2. The van der Waals surface area contributed by atoms with Crippen molar-refractivity contribution in [3.63, 3.8) is 0 Å². The van der Waals surface area contributed by atoms with Gasteiger partial charge in [-0.15, -0.1) is 0 Å². The van der Waals surface area contributed by atoms with Gasteiger partial charge in [0, 0.05) is 18.2 Å². The molecule has 0 radical (unpaired) electrons. The Morgan fingerprint density at radius 3 is 1.93 bits per heavy atom. The maximum Gasteiger partial charge on any atom is 0.430 e. The molecule has 0 aliphatic rings. The lowest BCUT2D eigenvalue weighted by molar-refractivity contribution is 0.0301. The van der Waals surface area contributed by atoms with E-state index in [0.29, 0.717) is 5.56 Å². The Morgan fingerprint density at radius 1 is 0.963 bits per heavy atom. The summed E-state index contributed by atoms with van der Waals surface area (Å²) in [5.41, 5.74) is -0.237. The number of ketones is 1. The van der Waals surface area contributed by atoms with E-state index in [4.69, 9.17) is 4.74 Å². The first-order valence-electron chi connectivity index (χ1n) is 8.53. The first-order valence-corrected chi connectivity index (χ1v) is 8.53. The summed E-state index contributed by atoms with van der Waals surface area (Å²) in [5.74, 6) is -0.726. The Hall–Kier alpha value is -3.02. The van der Waals surface area contributed by atoms with Gasteiger partial charge in [-0.3, -0.25) is 4.79 Å². The molecule has 0 N–H and O–H groups in total. The number of amides is 1. The number of nitrogens with zero attached hydrogens (tertiary/aromatic N) is 2. The van der Waals surface area contributed by atoms with Crippen LogP contribution in [0.3, 0.4) is 0 Å². The molecular weight excluding hydrogens is 347 g/mol. The molecule has 1 atom stereocenters. The zero-order valence-electron chi connectivity index (χ0n) is 15.8. The molecule has 1 unspecified atom stereocenters. The Morgan fingerprint density at radius 2 is 1.44 bits per heavy atom. The summed E-state index contributed by atoms with van der Waals surface area (Å²) in [5, 5.41) is 4.96. The molecule has 0 saturated heterocycles. The summed E-state index contributed by atoms with van der Waals surface area (Å²) in [6.45, 7) is 5.16. The lowest BCUT2D eigenvalue weighted by atomic mass is 9.99. The third kappa shape index (κ3) is 5.74. The second-order valence-electron chi connectivity index (χ2n) is 6.95. The van der Waals surface area contributed by atoms with Gasteiger partial charge < -0.3 is 4.74 Å². The molecule has 0 aromatic heterocycles. The number of hydrogen-bond donors (Lipinski definition) is 0. The van der Waals surface area contributed by atoms with Crippen molar-refractivity contribution in [2.45, 2.75) is 32.5 Å². The standard InChI is InChI=1S/C21H23FN2O3/c1-21(2,3)27-20(26)24(4)23-18(15-11-7-5-8-12-15)17(22)19(25)16-13-9-6-10-14-16/h5-14,17H,1-4H3/b23-18+. The summed E-state index contributed by atoms with van der Waals surface area (Å²) in [7, 11) is 1.36. The molecule has 6 heteroatoms. The van der Waals surface area contributed by atoms with E-state index >= 15 is 4.39 Å². The van der Waals surface area contributed by atoms with Crippen molar-refractivity contribution in [2.24, 2.45) is 5.10 Å². The van der Waals surface area contributed by atoms with Crippen molar-refractivity contribution >= 4 is 17.6 Å². The van der Waals surface area contributed by atoms with Crippen LogP contribution < -0.4 is 0 Å². The normalized spacial score (nSPS) is 13.0. The van der Waals surface area contributed by atoms with E-state index in [0.717, 1.165) is 5.01 Å². The number of benzene rings is 2. The molecule has 1 amide bonds. The number of hydrazone groups is 1. The van der Waals surface area contributed by atoms with Gasteiger partial charge in [0.25, 0.3) is 0 Å². The minimum absolute atomic E-state index is 0.155. The lowest BCUT2D eigenvalue weighted by Gasteiger charge is -2.23. The number of hydrogen-bond acceptors (Lipinski definition) is 4. The van der Waals surface area contributed by atoms with Crippen LogP contribution in [0.5, 0.6) is 0 Å². The molecule has 0 spiro atoms. The van der Waals surface area contributed by atoms with E-state index < -0.39 is 23.6 Å². The van der Waals surface area contributed by atoms with Crippen LogP contribution in [0, 0.1) is 0 Å². The summed E-state index contributed by atoms with van der Waals surface area (Å²) >= 11 is 0. The summed E-state index contributed by atoms with van der Waals surface area (Å²) in [4.78, 5) is 24.7. The molecule has 2 aromatic carbocycles. The van der Waals surface area contributed by atoms with Gasteiger partial charge in [0.15, 0.2) is 0 Å². The van der Waals surface area contributed by atoms with Crippen molar-refractivity contribution < 1.29 is 18.7 Å². The zero-order valence-corrected chi connectivity index (χ0v) is 15.8. The van der Waals surface area contributed by atoms with E-state index in [9.17, 15) is 9.59 Å². The second kappa shape index (κ2) is 8.58. The predicted octanol–water partition coefficient (Wildman–Crippen LogP) is 4.48.